The van der Waals surface area contributed by atoms with Crippen molar-refractivity contribution >= 4 is 12.0 Å². The number of halogens is 1. The number of piperazine rings is 1. The van der Waals surface area contributed by atoms with E-state index in [9.17, 15) is 9.18 Å². The molecule has 2 N–H and O–H groups in total. The molecule has 0 bridgehead atoms. The van der Waals surface area contributed by atoms with E-state index in [0.717, 1.165) is 11.1 Å². The third-order valence-corrected chi connectivity index (χ3v) is 4.90. The molecule has 1 amide bonds. The van der Waals surface area contributed by atoms with Crippen LogP contribution < -0.4 is 10.6 Å². The van der Waals surface area contributed by atoms with E-state index in [1.165, 1.54) is 12.1 Å². The van der Waals surface area contributed by atoms with Gasteiger partial charge in [-0.15, -0.1) is 0 Å². The van der Waals surface area contributed by atoms with Crippen LogP contribution in [0.3, 0.4) is 0 Å². The standard InChI is InChI=1S/C21H28FN5O2/c1-20(2,3)29-19(28)27-11-9-26(10-12-27)18-24-13-16(14-25-18)21(4,23)15-5-7-17(22)8-6-15/h5-8,13-14H,9-12,23H2,1-4H3/t21-/m0/s1. The van der Waals surface area contributed by atoms with Crippen molar-refractivity contribution in [3.63, 3.8) is 0 Å². The van der Waals surface area contributed by atoms with E-state index in [-0.39, 0.29) is 11.9 Å². The number of carbonyl (C=O) groups is 1. The van der Waals surface area contributed by atoms with Gasteiger partial charge in [-0.2, -0.15) is 0 Å². The number of aromatic nitrogens is 2. The van der Waals surface area contributed by atoms with Crippen LogP contribution in [0.1, 0.15) is 38.8 Å². The predicted molar refractivity (Wildman–Crippen MR) is 109 cm³/mol. The number of nitrogens with two attached hydrogens (primary N) is 1. The van der Waals surface area contributed by atoms with E-state index < -0.39 is 11.1 Å². The lowest BCUT2D eigenvalue weighted by Crippen LogP contribution is -2.50. The molecule has 29 heavy (non-hydrogen) atoms. The second kappa shape index (κ2) is 7.94. The third kappa shape index (κ3) is 5.00. The molecule has 156 valence electrons. The van der Waals surface area contributed by atoms with Crippen LogP contribution in [-0.2, 0) is 10.3 Å². The van der Waals surface area contributed by atoms with Crippen LogP contribution in [-0.4, -0.2) is 52.7 Å². The zero-order chi connectivity index (χ0) is 21.2. The molecular formula is C21H28FN5O2. The van der Waals surface area contributed by atoms with Gasteiger partial charge in [0.2, 0.25) is 5.95 Å². The van der Waals surface area contributed by atoms with E-state index in [0.29, 0.717) is 32.1 Å². The van der Waals surface area contributed by atoms with Gasteiger partial charge in [-0.1, -0.05) is 12.1 Å². The highest BCUT2D eigenvalue weighted by molar-refractivity contribution is 5.68. The number of hydrogen-bond donors (Lipinski definition) is 1. The summed E-state index contributed by atoms with van der Waals surface area (Å²) in [6.45, 7) is 9.74. The fraction of sp³-hybridized carbons (Fsp3) is 0.476. The van der Waals surface area contributed by atoms with Gasteiger partial charge in [-0.3, -0.25) is 0 Å². The summed E-state index contributed by atoms with van der Waals surface area (Å²) in [5, 5.41) is 0. The topological polar surface area (TPSA) is 84.6 Å². The summed E-state index contributed by atoms with van der Waals surface area (Å²) < 4.78 is 18.6. The average Bonchev–Trinajstić information content (AvgIpc) is 2.67. The van der Waals surface area contributed by atoms with Gasteiger partial charge in [0, 0.05) is 44.1 Å². The first-order chi connectivity index (χ1) is 13.6. The molecule has 0 unspecified atom stereocenters. The number of hydrogen-bond acceptors (Lipinski definition) is 6. The van der Waals surface area contributed by atoms with Gasteiger partial charge in [0.05, 0.1) is 5.54 Å². The SMILES string of the molecule is CC(C)(C)OC(=O)N1CCN(c2ncc([C@@](C)(N)c3ccc(F)cc3)cn2)CC1. The quantitative estimate of drug-likeness (QED) is 0.851. The molecule has 3 rings (SSSR count). The minimum absolute atomic E-state index is 0.299. The van der Waals surface area contributed by atoms with Crippen molar-refractivity contribution in [2.75, 3.05) is 31.1 Å². The van der Waals surface area contributed by atoms with Crippen LogP contribution in [0.2, 0.25) is 0 Å². The largest absolute Gasteiger partial charge is 0.444 e. The highest BCUT2D eigenvalue weighted by Crippen LogP contribution is 2.26. The van der Waals surface area contributed by atoms with Gasteiger partial charge >= 0.3 is 6.09 Å². The van der Waals surface area contributed by atoms with Gasteiger partial charge in [-0.25, -0.2) is 19.2 Å². The molecule has 0 aliphatic carbocycles. The smallest absolute Gasteiger partial charge is 0.410 e. The van der Waals surface area contributed by atoms with Crippen LogP contribution in [0.5, 0.6) is 0 Å². The Hall–Kier alpha value is -2.74. The number of carbonyl (C=O) groups excluding carboxylic acids is 1. The zero-order valence-corrected chi connectivity index (χ0v) is 17.4. The maximum Gasteiger partial charge on any atom is 0.410 e. The summed E-state index contributed by atoms with van der Waals surface area (Å²) in [7, 11) is 0. The number of benzene rings is 1. The normalized spacial score (nSPS) is 17.0. The number of nitrogens with zero attached hydrogens (tertiary/aromatic N) is 4. The molecule has 2 aromatic rings. The number of amides is 1. The summed E-state index contributed by atoms with van der Waals surface area (Å²) in [5.74, 6) is 0.286. The summed E-state index contributed by atoms with van der Waals surface area (Å²) >= 11 is 0. The first kappa shape index (κ1) is 21.0. The van der Waals surface area contributed by atoms with Gasteiger partial charge < -0.3 is 20.3 Å². The van der Waals surface area contributed by atoms with E-state index in [1.807, 2.05) is 32.6 Å². The van der Waals surface area contributed by atoms with Gasteiger partial charge in [0.25, 0.3) is 0 Å². The lowest BCUT2D eigenvalue weighted by molar-refractivity contribution is 0.0240. The monoisotopic (exact) mass is 401 g/mol. The summed E-state index contributed by atoms with van der Waals surface area (Å²) in [5.41, 5.74) is 6.64. The van der Waals surface area contributed by atoms with Crippen molar-refractivity contribution in [3.8, 4) is 0 Å². The molecule has 1 saturated heterocycles. The van der Waals surface area contributed by atoms with E-state index in [1.54, 1.807) is 29.4 Å². The molecule has 0 radical (unpaired) electrons. The Kier molecular flexibility index (Phi) is 5.75. The first-order valence-electron chi connectivity index (χ1n) is 9.66. The minimum Gasteiger partial charge on any atom is -0.444 e. The third-order valence-electron chi connectivity index (χ3n) is 4.90. The Bertz CT molecular complexity index is 839. The Morgan fingerprint density at radius 1 is 1.00 bits per heavy atom. The Morgan fingerprint density at radius 2 is 1.55 bits per heavy atom. The van der Waals surface area contributed by atoms with Gasteiger partial charge in [-0.05, 0) is 45.4 Å². The summed E-state index contributed by atoms with van der Waals surface area (Å²) in [6, 6.07) is 6.11. The molecule has 1 aromatic heterocycles. The lowest BCUT2D eigenvalue weighted by Gasteiger charge is -2.35. The Morgan fingerprint density at radius 3 is 2.07 bits per heavy atom. The van der Waals surface area contributed by atoms with Crippen LogP contribution in [0.25, 0.3) is 0 Å². The Balaban J connectivity index is 1.64. The molecular weight excluding hydrogens is 373 g/mol. The van der Waals surface area contributed by atoms with E-state index >= 15 is 0 Å². The molecule has 1 aromatic carbocycles. The molecule has 0 saturated carbocycles. The van der Waals surface area contributed by atoms with Crippen LogP contribution in [0.15, 0.2) is 36.7 Å². The highest BCUT2D eigenvalue weighted by atomic mass is 19.1. The molecule has 1 atom stereocenters. The molecule has 2 heterocycles. The molecule has 1 aliphatic rings. The summed E-state index contributed by atoms with van der Waals surface area (Å²) in [6.07, 6.45) is 3.10. The van der Waals surface area contributed by atoms with Crippen molar-refractivity contribution in [3.05, 3.63) is 53.6 Å². The van der Waals surface area contributed by atoms with Crippen LogP contribution >= 0.6 is 0 Å². The van der Waals surface area contributed by atoms with Gasteiger partial charge in [0.1, 0.15) is 11.4 Å². The second-order valence-corrected chi connectivity index (χ2v) is 8.44. The van der Waals surface area contributed by atoms with Gasteiger partial charge in [0.15, 0.2) is 0 Å². The zero-order valence-electron chi connectivity index (χ0n) is 17.4. The van der Waals surface area contributed by atoms with Crippen molar-refractivity contribution < 1.29 is 13.9 Å². The van der Waals surface area contributed by atoms with E-state index in [4.69, 9.17) is 10.5 Å². The summed E-state index contributed by atoms with van der Waals surface area (Å²) in [4.78, 5) is 24.8. The van der Waals surface area contributed by atoms with Crippen LogP contribution in [0.4, 0.5) is 15.1 Å². The average molecular weight is 401 g/mol. The number of ether oxygens (including phenoxy) is 1. The van der Waals surface area contributed by atoms with Crippen molar-refractivity contribution in [1.29, 1.82) is 0 Å². The molecule has 8 heteroatoms. The fourth-order valence-electron chi connectivity index (χ4n) is 3.13. The highest BCUT2D eigenvalue weighted by Gasteiger charge is 2.28. The minimum atomic E-state index is -0.832. The Labute approximate surface area is 170 Å². The lowest BCUT2D eigenvalue weighted by atomic mass is 9.87. The predicted octanol–water partition coefficient (Wildman–Crippen LogP) is 2.90. The molecule has 1 fully saturated rings. The maximum atomic E-state index is 13.2. The number of anilines is 1. The number of rotatable bonds is 3. The molecule has 1 aliphatic heterocycles. The van der Waals surface area contributed by atoms with Crippen molar-refractivity contribution in [2.24, 2.45) is 5.73 Å². The van der Waals surface area contributed by atoms with Crippen molar-refractivity contribution in [2.45, 2.75) is 38.8 Å². The van der Waals surface area contributed by atoms with Crippen molar-refractivity contribution in [1.82, 2.24) is 14.9 Å². The molecule has 7 nitrogen and oxygen atoms in total. The maximum absolute atomic E-state index is 13.2. The van der Waals surface area contributed by atoms with E-state index in [2.05, 4.69) is 9.97 Å². The first-order valence-corrected chi connectivity index (χ1v) is 9.66. The van der Waals surface area contributed by atoms with Crippen LogP contribution in [0, 0.1) is 5.82 Å². The fourth-order valence-corrected chi connectivity index (χ4v) is 3.13. The molecule has 0 spiro atoms. The second-order valence-electron chi connectivity index (χ2n) is 8.44.